The Hall–Kier alpha value is -2.30. The molecule has 0 aliphatic carbocycles. The number of hydrogen-bond donors (Lipinski definition) is 1. The lowest BCUT2D eigenvalue weighted by Gasteiger charge is -2.39. The number of fused-ring (bicyclic) bond motifs is 1. The summed E-state index contributed by atoms with van der Waals surface area (Å²) in [5.41, 5.74) is -2.04. The quantitative estimate of drug-likeness (QED) is 0.579. The Morgan fingerprint density at radius 3 is 2.35 bits per heavy atom. The van der Waals surface area contributed by atoms with E-state index in [2.05, 4.69) is 26.1 Å². The maximum atomic E-state index is 14.3. The van der Waals surface area contributed by atoms with Crippen LogP contribution in [0.1, 0.15) is 24.5 Å². The van der Waals surface area contributed by atoms with E-state index in [1.54, 1.807) is 48.5 Å². The summed E-state index contributed by atoms with van der Waals surface area (Å²) in [5, 5.41) is 20.7. The molecular formula is C21H17BrF3N3O2S. The molecular weight excluding hydrogens is 495 g/mol. The van der Waals surface area contributed by atoms with Crippen LogP contribution in [0.2, 0.25) is 0 Å². The average Bonchev–Trinajstić information content (AvgIpc) is 3.09. The van der Waals surface area contributed by atoms with Gasteiger partial charge >= 0.3 is 6.18 Å². The number of aliphatic hydroxyl groups is 1. The molecule has 2 aromatic rings. The van der Waals surface area contributed by atoms with Crippen molar-refractivity contribution in [1.29, 1.82) is 0 Å². The van der Waals surface area contributed by atoms with E-state index in [0.29, 0.717) is 23.5 Å². The van der Waals surface area contributed by atoms with Gasteiger partial charge in [0.25, 0.3) is 0 Å². The van der Waals surface area contributed by atoms with Gasteiger partial charge in [0.1, 0.15) is 5.75 Å². The first-order valence-electron chi connectivity index (χ1n) is 9.33. The maximum Gasteiger partial charge on any atom is 0.437 e. The predicted octanol–water partition coefficient (Wildman–Crippen LogP) is 5.61. The Bertz CT molecular complexity index is 1070. The summed E-state index contributed by atoms with van der Waals surface area (Å²) in [6, 6.07) is 13.3. The summed E-state index contributed by atoms with van der Waals surface area (Å²) in [5.74, 6) is 0.606. The third-order valence-electron chi connectivity index (χ3n) is 4.84. The Morgan fingerprint density at radius 1 is 1.10 bits per heavy atom. The molecule has 2 aliphatic rings. The van der Waals surface area contributed by atoms with Gasteiger partial charge < -0.3 is 9.84 Å². The molecule has 1 atom stereocenters. The molecule has 0 radical (unpaired) electrons. The zero-order chi connectivity index (χ0) is 22.2. The van der Waals surface area contributed by atoms with Crippen molar-refractivity contribution in [3.63, 3.8) is 0 Å². The molecule has 31 heavy (non-hydrogen) atoms. The molecule has 0 saturated heterocycles. The van der Waals surface area contributed by atoms with Gasteiger partial charge in [-0.3, -0.25) is 4.90 Å². The third kappa shape index (κ3) is 4.11. The van der Waals surface area contributed by atoms with E-state index in [1.807, 2.05) is 6.92 Å². The molecule has 0 fully saturated rings. The smallest absolute Gasteiger partial charge is 0.437 e. The van der Waals surface area contributed by atoms with Crippen molar-refractivity contribution in [2.24, 2.45) is 10.2 Å². The molecule has 2 aromatic carbocycles. The minimum Gasteiger partial charge on any atom is -0.494 e. The predicted molar refractivity (Wildman–Crippen MR) is 119 cm³/mol. The zero-order valence-corrected chi connectivity index (χ0v) is 18.6. The van der Waals surface area contributed by atoms with Crippen molar-refractivity contribution in [1.82, 2.24) is 4.90 Å². The van der Waals surface area contributed by atoms with E-state index < -0.39 is 18.3 Å². The first-order chi connectivity index (χ1) is 14.7. The monoisotopic (exact) mass is 511 g/mol. The van der Waals surface area contributed by atoms with Gasteiger partial charge in [0.15, 0.2) is 5.17 Å². The number of halogens is 4. The molecule has 2 aliphatic heterocycles. The van der Waals surface area contributed by atoms with Gasteiger partial charge in [-0.25, -0.2) is 0 Å². The molecule has 1 N–H and O–H groups in total. The molecule has 0 aromatic heterocycles. The summed E-state index contributed by atoms with van der Waals surface area (Å²) in [6.07, 6.45) is -5.75. The van der Waals surface area contributed by atoms with Crippen LogP contribution in [0.4, 0.5) is 13.2 Å². The second-order valence-corrected chi connectivity index (χ2v) is 8.59. The second kappa shape index (κ2) is 8.33. The van der Waals surface area contributed by atoms with Gasteiger partial charge in [-0.2, -0.15) is 18.3 Å². The highest BCUT2D eigenvalue weighted by molar-refractivity contribution is 9.10. The lowest BCUT2D eigenvalue weighted by atomic mass is 9.97. The number of thioether (sulfide) groups is 1. The van der Waals surface area contributed by atoms with E-state index in [4.69, 9.17) is 4.74 Å². The van der Waals surface area contributed by atoms with E-state index in [-0.39, 0.29) is 16.6 Å². The van der Waals surface area contributed by atoms with Crippen molar-refractivity contribution < 1.29 is 23.0 Å². The van der Waals surface area contributed by atoms with Crippen LogP contribution in [0, 0.1) is 0 Å². The standard InChI is InChI=1S/C21H17BrF3N3O2S/c1-2-30-16-9-5-14(6-10-16)18-12-31-19-27-26-17(13-3-7-15(22)8-4-13)11-20(29,28(18)19)21(23,24)25/h3-10,12,29H,2,11H2,1H3. The van der Waals surface area contributed by atoms with E-state index >= 15 is 0 Å². The number of amidine groups is 1. The van der Waals surface area contributed by atoms with Gasteiger partial charge in [0, 0.05) is 9.88 Å². The summed E-state index contributed by atoms with van der Waals surface area (Å²) in [6.45, 7) is 2.32. The molecule has 0 saturated carbocycles. The Balaban J connectivity index is 1.75. The first-order valence-corrected chi connectivity index (χ1v) is 11.0. The highest BCUT2D eigenvalue weighted by Crippen LogP contribution is 2.47. The highest BCUT2D eigenvalue weighted by Gasteiger charge is 2.62. The molecule has 0 bridgehead atoms. The van der Waals surface area contributed by atoms with E-state index in [0.717, 1.165) is 21.1 Å². The van der Waals surface area contributed by atoms with Crippen LogP contribution in [0.25, 0.3) is 5.70 Å². The van der Waals surface area contributed by atoms with Crippen molar-refractivity contribution in [3.05, 3.63) is 69.5 Å². The fraction of sp³-hybridized carbons (Fsp3) is 0.238. The highest BCUT2D eigenvalue weighted by atomic mass is 79.9. The summed E-state index contributed by atoms with van der Waals surface area (Å²) < 4.78 is 49.0. The minimum atomic E-state index is -4.97. The molecule has 0 spiro atoms. The maximum absolute atomic E-state index is 14.3. The third-order valence-corrected chi connectivity index (χ3v) is 6.19. The van der Waals surface area contributed by atoms with Crippen LogP contribution < -0.4 is 4.74 Å². The van der Waals surface area contributed by atoms with Gasteiger partial charge in [-0.15, -0.1) is 5.10 Å². The lowest BCUT2D eigenvalue weighted by Crippen LogP contribution is -2.59. The van der Waals surface area contributed by atoms with Crippen molar-refractivity contribution in [3.8, 4) is 5.75 Å². The second-order valence-electron chi connectivity index (χ2n) is 6.84. The van der Waals surface area contributed by atoms with Crippen molar-refractivity contribution in [2.45, 2.75) is 25.2 Å². The van der Waals surface area contributed by atoms with E-state index in [9.17, 15) is 18.3 Å². The minimum absolute atomic E-state index is 0.0425. The van der Waals surface area contributed by atoms with Gasteiger partial charge in [0.05, 0.1) is 24.4 Å². The Labute approximate surface area is 189 Å². The Morgan fingerprint density at radius 2 is 1.74 bits per heavy atom. The fourth-order valence-corrected chi connectivity index (χ4v) is 4.47. The number of hydrogen-bond acceptors (Lipinski definition) is 6. The van der Waals surface area contributed by atoms with Crippen LogP contribution in [0.15, 0.2) is 68.6 Å². The van der Waals surface area contributed by atoms with E-state index in [1.165, 1.54) is 5.41 Å². The molecule has 1 unspecified atom stereocenters. The molecule has 5 nitrogen and oxygen atoms in total. The topological polar surface area (TPSA) is 57.4 Å². The van der Waals surface area contributed by atoms with Crippen molar-refractivity contribution >= 4 is 44.3 Å². The van der Waals surface area contributed by atoms with Crippen LogP contribution in [0.5, 0.6) is 5.75 Å². The molecule has 10 heteroatoms. The first kappa shape index (κ1) is 21.9. The average molecular weight is 512 g/mol. The van der Waals surface area contributed by atoms with Crippen LogP contribution in [0.3, 0.4) is 0 Å². The van der Waals surface area contributed by atoms with Crippen LogP contribution in [-0.4, -0.2) is 39.4 Å². The number of nitrogens with zero attached hydrogens (tertiary/aromatic N) is 3. The SMILES string of the molecule is CCOc1ccc(C2=CSC3=NN=C(c4ccc(Br)cc4)CC(O)(C(F)(F)F)N23)cc1. The number of rotatable bonds is 4. The van der Waals surface area contributed by atoms with Crippen LogP contribution in [-0.2, 0) is 0 Å². The fourth-order valence-electron chi connectivity index (χ4n) is 3.31. The number of ether oxygens (including phenoxy) is 1. The van der Waals surface area contributed by atoms with Gasteiger partial charge in [0.2, 0.25) is 5.72 Å². The largest absolute Gasteiger partial charge is 0.494 e. The normalized spacial score (nSPS) is 21.1. The summed E-state index contributed by atoms with van der Waals surface area (Å²) in [4.78, 5) is 0.822. The van der Waals surface area contributed by atoms with Gasteiger partial charge in [-0.1, -0.05) is 39.8 Å². The Kier molecular flexibility index (Phi) is 5.89. The summed E-state index contributed by atoms with van der Waals surface area (Å²) in [7, 11) is 0. The summed E-state index contributed by atoms with van der Waals surface area (Å²) >= 11 is 4.29. The molecule has 4 rings (SSSR count). The zero-order valence-electron chi connectivity index (χ0n) is 16.2. The molecule has 0 amide bonds. The number of benzene rings is 2. The van der Waals surface area contributed by atoms with Gasteiger partial charge in [-0.05, 0) is 54.4 Å². The van der Waals surface area contributed by atoms with Crippen LogP contribution >= 0.6 is 27.7 Å². The molecule has 162 valence electrons. The van der Waals surface area contributed by atoms with Crippen molar-refractivity contribution in [2.75, 3.05) is 6.61 Å². The molecule has 2 heterocycles. The lowest BCUT2D eigenvalue weighted by molar-refractivity contribution is -0.288. The number of alkyl halides is 3.